The standard InChI is InChI=1S/C16H22O8/c1-7(18)13-8(3-9(23-2)5-10(13)19)4-11-14(20)16(22)15(21)12(6-17)24-11/h3,5,11-12,14-17,19-22H,4,6H2,1-2H3. The van der Waals surface area contributed by atoms with Crippen molar-refractivity contribution in [1.82, 2.24) is 0 Å². The highest BCUT2D eigenvalue weighted by Gasteiger charge is 2.43. The molecule has 1 aromatic rings. The van der Waals surface area contributed by atoms with E-state index in [2.05, 4.69) is 0 Å². The Morgan fingerprint density at radius 3 is 2.33 bits per heavy atom. The Hall–Kier alpha value is -1.71. The van der Waals surface area contributed by atoms with Gasteiger partial charge in [0.2, 0.25) is 0 Å². The largest absolute Gasteiger partial charge is 0.507 e. The van der Waals surface area contributed by atoms with Crippen molar-refractivity contribution in [1.29, 1.82) is 0 Å². The predicted octanol–water partition coefficient (Wildman–Crippen LogP) is -1.01. The number of rotatable bonds is 5. The first-order chi connectivity index (χ1) is 11.3. The van der Waals surface area contributed by atoms with E-state index in [0.29, 0.717) is 11.3 Å². The molecule has 0 radical (unpaired) electrons. The van der Waals surface area contributed by atoms with Crippen molar-refractivity contribution < 1.29 is 39.8 Å². The Balaban J connectivity index is 2.35. The molecule has 0 saturated carbocycles. The summed E-state index contributed by atoms with van der Waals surface area (Å²) in [5, 5.41) is 49.0. The maximum Gasteiger partial charge on any atom is 0.163 e. The number of aliphatic hydroxyl groups excluding tert-OH is 4. The average Bonchev–Trinajstić information content (AvgIpc) is 2.54. The van der Waals surface area contributed by atoms with Gasteiger partial charge in [-0.2, -0.15) is 0 Å². The lowest BCUT2D eigenvalue weighted by Gasteiger charge is -2.40. The molecular formula is C16H22O8. The van der Waals surface area contributed by atoms with Crippen molar-refractivity contribution in [3.63, 3.8) is 0 Å². The van der Waals surface area contributed by atoms with Gasteiger partial charge in [0.05, 0.1) is 25.4 Å². The second-order valence-electron chi connectivity index (χ2n) is 5.81. The Morgan fingerprint density at radius 1 is 1.17 bits per heavy atom. The summed E-state index contributed by atoms with van der Waals surface area (Å²) in [5.41, 5.74) is 0.427. The zero-order valence-electron chi connectivity index (χ0n) is 13.4. The number of aliphatic hydroxyl groups is 4. The SMILES string of the molecule is COc1cc(O)c(C(C)=O)c(CC2OC(CO)C(O)C(O)C2O)c1. The summed E-state index contributed by atoms with van der Waals surface area (Å²) in [7, 11) is 1.40. The first kappa shape index (κ1) is 18.6. The first-order valence-electron chi connectivity index (χ1n) is 7.51. The van der Waals surface area contributed by atoms with E-state index in [4.69, 9.17) is 9.47 Å². The number of phenolic OH excluding ortho intramolecular Hbond substituents is 1. The molecule has 0 spiro atoms. The lowest BCUT2D eigenvalue weighted by Crippen LogP contribution is -2.59. The van der Waals surface area contributed by atoms with Crippen LogP contribution in [-0.4, -0.2) is 75.6 Å². The van der Waals surface area contributed by atoms with Gasteiger partial charge in [0.15, 0.2) is 5.78 Å². The quantitative estimate of drug-likeness (QED) is 0.429. The maximum absolute atomic E-state index is 11.8. The fraction of sp³-hybridized carbons (Fsp3) is 0.562. The molecule has 1 saturated heterocycles. The third-order valence-electron chi connectivity index (χ3n) is 4.17. The molecule has 1 aliphatic heterocycles. The summed E-state index contributed by atoms with van der Waals surface area (Å²) < 4.78 is 10.5. The van der Waals surface area contributed by atoms with E-state index in [-0.39, 0.29) is 23.5 Å². The number of ketones is 1. The highest BCUT2D eigenvalue weighted by molar-refractivity contribution is 5.98. The molecule has 0 bridgehead atoms. The topological polar surface area (TPSA) is 137 Å². The molecule has 5 unspecified atom stereocenters. The van der Waals surface area contributed by atoms with Crippen LogP contribution in [0.25, 0.3) is 0 Å². The van der Waals surface area contributed by atoms with Gasteiger partial charge in [-0.15, -0.1) is 0 Å². The molecule has 5 N–H and O–H groups in total. The highest BCUT2D eigenvalue weighted by atomic mass is 16.5. The van der Waals surface area contributed by atoms with Crippen LogP contribution in [0.4, 0.5) is 0 Å². The summed E-state index contributed by atoms with van der Waals surface area (Å²) in [5.74, 6) is -0.326. The molecule has 1 aromatic carbocycles. The van der Waals surface area contributed by atoms with Gasteiger partial charge in [0.25, 0.3) is 0 Å². The molecule has 0 aromatic heterocycles. The smallest absolute Gasteiger partial charge is 0.163 e. The Bertz CT molecular complexity index is 600. The summed E-state index contributed by atoms with van der Waals surface area (Å²) in [6.07, 6.45) is -6.41. The van der Waals surface area contributed by atoms with E-state index >= 15 is 0 Å². The Labute approximate surface area is 138 Å². The van der Waals surface area contributed by atoms with Gasteiger partial charge >= 0.3 is 0 Å². The minimum Gasteiger partial charge on any atom is -0.507 e. The van der Waals surface area contributed by atoms with Gasteiger partial charge in [-0.05, 0) is 18.6 Å². The number of hydrogen-bond donors (Lipinski definition) is 5. The summed E-state index contributed by atoms with van der Waals surface area (Å²) >= 11 is 0. The van der Waals surface area contributed by atoms with Crippen molar-refractivity contribution in [3.05, 3.63) is 23.3 Å². The van der Waals surface area contributed by atoms with Gasteiger partial charge in [0.1, 0.15) is 35.9 Å². The van der Waals surface area contributed by atoms with Crippen LogP contribution >= 0.6 is 0 Å². The molecule has 1 heterocycles. The van der Waals surface area contributed by atoms with Crippen LogP contribution in [0.2, 0.25) is 0 Å². The van der Waals surface area contributed by atoms with E-state index in [9.17, 15) is 30.3 Å². The molecule has 8 heteroatoms. The number of aromatic hydroxyl groups is 1. The Morgan fingerprint density at radius 2 is 1.79 bits per heavy atom. The van der Waals surface area contributed by atoms with Crippen LogP contribution in [0.3, 0.4) is 0 Å². The number of carbonyl (C=O) groups excluding carboxylic acids is 1. The number of benzene rings is 1. The van der Waals surface area contributed by atoms with Gasteiger partial charge < -0.3 is 35.0 Å². The van der Waals surface area contributed by atoms with E-state index in [1.165, 1.54) is 26.2 Å². The van der Waals surface area contributed by atoms with Gasteiger partial charge in [-0.1, -0.05) is 0 Å². The zero-order valence-corrected chi connectivity index (χ0v) is 13.4. The normalized spacial score (nSPS) is 30.2. The van der Waals surface area contributed by atoms with Crippen LogP contribution in [-0.2, 0) is 11.2 Å². The molecule has 1 fully saturated rings. The molecule has 134 valence electrons. The van der Waals surface area contributed by atoms with Crippen LogP contribution in [0, 0.1) is 0 Å². The van der Waals surface area contributed by atoms with E-state index in [1.54, 1.807) is 0 Å². The number of ether oxygens (including phenoxy) is 2. The van der Waals surface area contributed by atoms with Crippen molar-refractivity contribution in [2.24, 2.45) is 0 Å². The molecule has 24 heavy (non-hydrogen) atoms. The summed E-state index contributed by atoms with van der Waals surface area (Å²) in [4.78, 5) is 11.8. The number of phenols is 1. The number of methoxy groups -OCH3 is 1. The number of Topliss-reactive ketones (excluding diaryl/α,β-unsaturated/α-hetero) is 1. The van der Waals surface area contributed by atoms with Crippen LogP contribution in [0.1, 0.15) is 22.8 Å². The first-order valence-corrected chi connectivity index (χ1v) is 7.51. The average molecular weight is 342 g/mol. The summed E-state index contributed by atoms with van der Waals surface area (Å²) in [6, 6.07) is 2.82. The van der Waals surface area contributed by atoms with Crippen LogP contribution in [0.15, 0.2) is 12.1 Å². The molecule has 2 rings (SSSR count). The number of hydrogen-bond acceptors (Lipinski definition) is 8. The molecule has 5 atom stereocenters. The van der Waals surface area contributed by atoms with Crippen LogP contribution < -0.4 is 4.74 Å². The third-order valence-corrected chi connectivity index (χ3v) is 4.17. The van der Waals surface area contributed by atoms with Crippen LogP contribution in [0.5, 0.6) is 11.5 Å². The van der Waals surface area contributed by atoms with Gasteiger partial charge in [-0.25, -0.2) is 0 Å². The summed E-state index contributed by atoms with van der Waals surface area (Å²) in [6.45, 7) is 0.753. The lowest BCUT2D eigenvalue weighted by molar-refractivity contribution is -0.228. The minimum absolute atomic E-state index is 0.0267. The zero-order chi connectivity index (χ0) is 18.0. The number of carbonyl (C=O) groups is 1. The van der Waals surface area contributed by atoms with Crippen molar-refractivity contribution in [2.75, 3.05) is 13.7 Å². The van der Waals surface area contributed by atoms with E-state index < -0.39 is 37.1 Å². The van der Waals surface area contributed by atoms with E-state index in [0.717, 1.165) is 0 Å². The Kier molecular flexibility index (Phi) is 5.79. The van der Waals surface area contributed by atoms with E-state index in [1.807, 2.05) is 0 Å². The second-order valence-corrected chi connectivity index (χ2v) is 5.81. The molecular weight excluding hydrogens is 320 g/mol. The minimum atomic E-state index is -1.50. The van der Waals surface area contributed by atoms with Crippen molar-refractivity contribution >= 4 is 5.78 Å². The van der Waals surface area contributed by atoms with Crippen molar-refractivity contribution in [2.45, 2.75) is 43.9 Å². The van der Waals surface area contributed by atoms with Gasteiger partial charge in [-0.3, -0.25) is 4.79 Å². The lowest BCUT2D eigenvalue weighted by atomic mass is 9.89. The predicted molar refractivity (Wildman–Crippen MR) is 82.1 cm³/mol. The van der Waals surface area contributed by atoms with Crippen molar-refractivity contribution in [3.8, 4) is 11.5 Å². The highest BCUT2D eigenvalue weighted by Crippen LogP contribution is 2.31. The fourth-order valence-electron chi connectivity index (χ4n) is 2.91. The molecule has 0 amide bonds. The fourth-order valence-corrected chi connectivity index (χ4v) is 2.91. The maximum atomic E-state index is 11.8. The molecule has 1 aliphatic rings. The third kappa shape index (κ3) is 3.52. The molecule has 0 aliphatic carbocycles. The molecule has 8 nitrogen and oxygen atoms in total. The second kappa shape index (κ2) is 7.45. The van der Waals surface area contributed by atoms with Gasteiger partial charge in [0, 0.05) is 12.5 Å². The monoisotopic (exact) mass is 342 g/mol.